The fourth-order valence-electron chi connectivity index (χ4n) is 3.69. The molecule has 2 rings (SSSR count). The van der Waals surface area contributed by atoms with Crippen molar-refractivity contribution in [3.63, 3.8) is 0 Å². The van der Waals surface area contributed by atoms with Crippen LogP contribution >= 0.6 is 0 Å². The first-order valence-electron chi connectivity index (χ1n) is 10.5. The van der Waals surface area contributed by atoms with Crippen LogP contribution in [0.2, 0.25) is 0 Å². The Hall–Kier alpha value is -2.57. The molecule has 1 fully saturated rings. The van der Waals surface area contributed by atoms with E-state index < -0.39 is 17.5 Å². The van der Waals surface area contributed by atoms with E-state index in [1.165, 1.54) is 0 Å². The zero-order valence-electron chi connectivity index (χ0n) is 17.9. The van der Waals surface area contributed by atoms with Crippen molar-refractivity contribution in [1.82, 2.24) is 15.5 Å². The van der Waals surface area contributed by atoms with Crippen LogP contribution < -0.4 is 15.4 Å². The minimum absolute atomic E-state index is 0.271. The van der Waals surface area contributed by atoms with Crippen LogP contribution in [0.3, 0.4) is 0 Å². The highest BCUT2D eigenvalue weighted by molar-refractivity contribution is 6.09. The molecular weight excluding hydrogens is 370 g/mol. The molecule has 1 aromatic carbocycles. The quantitative estimate of drug-likeness (QED) is 0.556. The van der Waals surface area contributed by atoms with Crippen LogP contribution in [0.5, 0.6) is 5.75 Å². The first kappa shape index (κ1) is 22.7. The number of hydrogen-bond donors (Lipinski definition) is 2. The lowest BCUT2D eigenvalue weighted by atomic mass is 9.87. The highest BCUT2D eigenvalue weighted by Gasteiger charge is 2.51. The molecule has 0 aliphatic carbocycles. The van der Waals surface area contributed by atoms with Crippen molar-refractivity contribution >= 4 is 17.8 Å². The lowest BCUT2D eigenvalue weighted by molar-refractivity contribution is -0.135. The zero-order valence-corrected chi connectivity index (χ0v) is 17.9. The predicted octanol–water partition coefficient (Wildman–Crippen LogP) is 3.18. The van der Waals surface area contributed by atoms with Crippen LogP contribution in [0.4, 0.5) is 4.79 Å². The van der Waals surface area contributed by atoms with Crippen molar-refractivity contribution in [2.24, 2.45) is 5.92 Å². The summed E-state index contributed by atoms with van der Waals surface area (Å²) in [6, 6.07) is 6.50. The van der Waals surface area contributed by atoms with Crippen molar-refractivity contribution in [2.75, 3.05) is 20.2 Å². The molecule has 0 saturated carbocycles. The minimum Gasteiger partial charge on any atom is -0.497 e. The predicted molar refractivity (Wildman–Crippen MR) is 112 cm³/mol. The first-order chi connectivity index (χ1) is 13.9. The third-order valence-electron chi connectivity index (χ3n) is 5.72. The van der Waals surface area contributed by atoms with E-state index in [4.69, 9.17) is 4.74 Å². The van der Waals surface area contributed by atoms with Gasteiger partial charge < -0.3 is 15.4 Å². The lowest BCUT2D eigenvalue weighted by Crippen LogP contribution is -2.45. The molecule has 160 valence electrons. The Morgan fingerprint density at radius 2 is 1.90 bits per heavy atom. The Morgan fingerprint density at radius 3 is 2.45 bits per heavy atom. The minimum atomic E-state index is -1.16. The number of hydrogen-bond acceptors (Lipinski definition) is 4. The van der Waals surface area contributed by atoms with Gasteiger partial charge in [0.25, 0.3) is 5.91 Å². The number of imide groups is 1. The van der Waals surface area contributed by atoms with Gasteiger partial charge in [0.05, 0.1) is 7.11 Å². The standard InChI is InChI=1S/C22H33N3O4/c1-5-8-9-16(6-2)14-23-19(26)15-25-20(27)22(7-3,24-21(25)28)17-10-12-18(29-4)13-11-17/h10-13,16H,5-9,14-15H2,1-4H3,(H,23,26)(H,24,28)/t16-,22-/m1/s1. The average molecular weight is 404 g/mol. The second-order valence-corrected chi connectivity index (χ2v) is 7.53. The van der Waals surface area contributed by atoms with E-state index in [1.54, 1.807) is 31.4 Å². The van der Waals surface area contributed by atoms with Gasteiger partial charge in [-0.15, -0.1) is 0 Å². The van der Waals surface area contributed by atoms with Crippen LogP contribution in [0.1, 0.15) is 58.4 Å². The van der Waals surface area contributed by atoms with Gasteiger partial charge in [0.1, 0.15) is 17.8 Å². The number of nitrogens with one attached hydrogen (secondary N) is 2. The SMILES string of the molecule is CCCC[C@@H](CC)CNC(=O)CN1C(=O)N[C@](CC)(c2ccc(OC)cc2)C1=O. The molecule has 7 nitrogen and oxygen atoms in total. The molecule has 1 aliphatic rings. The van der Waals surface area contributed by atoms with Gasteiger partial charge in [0.2, 0.25) is 5.91 Å². The van der Waals surface area contributed by atoms with Gasteiger partial charge in [-0.25, -0.2) is 4.79 Å². The number of methoxy groups -OCH3 is 1. The molecule has 1 saturated heterocycles. The molecular formula is C22H33N3O4. The Bertz CT molecular complexity index is 719. The number of amides is 4. The van der Waals surface area contributed by atoms with Gasteiger partial charge in [-0.05, 0) is 36.5 Å². The van der Waals surface area contributed by atoms with Crippen LogP contribution in [0, 0.1) is 5.92 Å². The maximum absolute atomic E-state index is 13.1. The number of rotatable bonds is 11. The molecule has 7 heteroatoms. The number of carbonyl (C=O) groups is 3. The van der Waals surface area contributed by atoms with Gasteiger partial charge >= 0.3 is 6.03 Å². The Balaban J connectivity index is 2.05. The number of carbonyl (C=O) groups excluding carboxylic acids is 3. The summed E-state index contributed by atoms with van der Waals surface area (Å²) < 4.78 is 5.16. The molecule has 4 amide bonds. The molecule has 29 heavy (non-hydrogen) atoms. The molecule has 1 heterocycles. The van der Waals surface area contributed by atoms with Crippen molar-refractivity contribution in [3.8, 4) is 5.75 Å². The van der Waals surface area contributed by atoms with E-state index >= 15 is 0 Å². The Kier molecular flexibility index (Phi) is 8.05. The molecule has 2 atom stereocenters. The van der Waals surface area contributed by atoms with Gasteiger partial charge in [0, 0.05) is 6.54 Å². The number of ether oxygens (including phenoxy) is 1. The fourth-order valence-corrected chi connectivity index (χ4v) is 3.69. The molecule has 0 radical (unpaired) electrons. The second kappa shape index (κ2) is 10.3. The zero-order chi connectivity index (χ0) is 21.4. The first-order valence-corrected chi connectivity index (χ1v) is 10.5. The number of unbranched alkanes of at least 4 members (excludes halogenated alkanes) is 1. The Labute approximate surface area is 173 Å². The van der Waals surface area contributed by atoms with Gasteiger partial charge in [0.15, 0.2) is 0 Å². The van der Waals surface area contributed by atoms with E-state index in [0.717, 1.165) is 30.6 Å². The van der Waals surface area contributed by atoms with Crippen molar-refractivity contribution in [2.45, 2.75) is 58.4 Å². The van der Waals surface area contributed by atoms with Crippen LogP contribution in [0.15, 0.2) is 24.3 Å². The lowest BCUT2D eigenvalue weighted by Gasteiger charge is -2.26. The molecule has 1 aromatic rings. The Morgan fingerprint density at radius 1 is 1.21 bits per heavy atom. The molecule has 0 unspecified atom stereocenters. The molecule has 2 N–H and O–H groups in total. The highest BCUT2D eigenvalue weighted by atomic mass is 16.5. The third-order valence-corrected chi connectivity index (χ3v) is 5.72. The van der Waals surface area contributed by atoms with Crippen molar-refractivity contribution in [1.29, 1.82) is 0 Å². The molecule has 0 aromatic heterocycles. The third kappa shape index (κ3) is 5.08. The number of urea groups is 1. The van der Waals surface area contributed by atoms with Gasteiger partial charge in [-0.1, -0.05) is 52.2 Å². The summed E-state index contributed by atoms with van der Waals surface area (Å²) in [5.41, 5.74) is -0.482. The number of nitrogens with zero attached hydrogens (tertiary/aromatic N) is 1. The van der Waals surface area contributed by atoms with Crippen LogP contribution in [-0.2, 0) is 15.1 Å². The summed E-state index contributed by atoms with van der Waals surface area (Å²) in [5, 5.41) is 5.68. The maximum atomic E-state index is 13.1. The van der Waals surface area contributed by atoms with Crippen molar-refractivity contribution < 1.29 is 19.1 Å². The molecule has 0 bridgehead atoms. The van der Waals surface area contributed by atoms with E-state index in [1.807, 2.05) is 6.92 Å². The van der Waals surface area contributed by atoms with Crippen LogP contribution in [0.25, 0.3) is 0 Å². The normalized spacial score (nSPS) is 19.8. The van der Waals surface area contributed by atoms with Gasteiger partial charge in [-0.2, -0.15) is 0 Å². The van der Waals surface area contributed by atoms with E-state index in [-0.39, 0.29) is 12.5 Å². The molecule has 0 spiro atoms. The topological polar surface area (TPSA) is 87.7 Å². The van der Waals surface area contributed by atoms with E-state index in [0.29, 0.717) is 30.2 Å². The smallest absolute Gasteiger partial charge is 0.325 e. The summed E-state index contributed by atoms with van der Waals surface area (Å²) in [7, 11) is 1.57. The summed E-state index contributed by atoms with van der Waals surface area (Å²) in [6.45, 7) is 6.38. The fraction of sp³-hybridized carbons (Fsp3) is 0.591. The number of benzene rings is 1. The van der Waals surface area contributed by atoms with E-state index in [2.05, 4.69) is 24.5 Å². The summed E-state index contributed by atoms with van der Waals surface area (Å²) in [4.78, 5) is 39.1. The second-order valence-electron chi connectivity index (χ2n) is 7.53. The van der Waals surface area contributed by atoms with Gasteiger partial charge in [-0.3, -0.25) is 14.5 Å². The van der Waals surface area contributed by atoms with E-state index in [9.17, 15) is 14.4 Å². The summed E-state index contributed by atoms with van der Waals surface area (Å²) >= 11 is 0. The summed E-state index contributed by atoms with van der Waals surface area (Å²) in [6.07, 6.45) is 4.68. The van der Waals surface area contributed by atoms with Crippen LogP contribution in [-0.4, -0.2) is 42.9 Å². The highest BCUT2D eigenvalue weighted by Crippen LogP contribution is 2.33. The average Bonchev–Trinajstić information content (AvgIpc) is 2.99. The largest absolute Gasteiger partial charge is 0.497 e. The monoisotopic (exact) mass is 403 g/mol. The summed E-state index contributed by atoms with van der Waals surface area (Å²) in [5.74, 6) is 0.367. The maximum Gasteiger partial charge on any atom is 0.325 e. The molecule has 1 aliphatic heterocycles. The van der Waals surface area contributed by atoms with Crippen molar-refractivity contribution in [3.05, 3.63) is 29.8 Å².